The fraction of sp³-hybridized carbons (Fsp3) is 0.333. The summed E-state index contributed by atoms with van der Waals surface area (Å²) in [6.07, 6.45) is 1.67. The van der Waals surface area contributed by atoms with Crippen LogP contribution >= 0.6 is 10.3 Å². The number of benzene rings is 1. The van der Waals surface area contributed by atoms with Crippen LogP contribution in [-0.2, 0) is 28.0 Å². The molecule has 0 saturated heterocycles. The molecule has 0 aromatic heterocycles. The normalized spacial score (nSPS) is 15.5. The average molecular weight is 462 g/mol. The van der Waals surface area contributed by atoms with Gasteiger partial charge in [-0.25, -0.2) is 3.63 Å². The number of hydrogen-bond donors (Lipinski definition) is 0. The zero-order valence-electron chi connectivity index (χ0n) is 13.4. The fourth-order valence-corrected chi connectivity index (χ4v) is 5.00. The number of hydrogen-bond acceptors (Lipinski definition) is 6. The molecule has 0 spiro atoms. The van der Waals surface area contributed by atoms with Gasteiger partial charge in [-0.15, -0.1) is 0 Å². The maximum absolute atomic E-state index is 12.6. The van der Waals surface area contributed by atoms with Crippen LogP contribution < -0.4 is 0 Å². The van der Waals surface area contributed by atoms with E-state index in [1.165, 1.54) is 18.2 Å². The molecular formula is C12H12F6O6S3. The first kappa shape index (κ1) is 23.6. The van der Waals surface area contributed by atoms with Gasteiger partial charge in [0.25, 0.3) is 0 Å². The lowest BCUT2D eigenvalue weighted by molar-refractivity contribution is -0.0510. The molecule has 0 unspecified atom stereocenters. The monoisotopic (exact) mass is 462 g/mol. The van der Waals surface area contributed by atoms with Crippen LogP contribution in [0.2, 0.25) is 0 Å². The smallest absolute Gasteiger partial charge is 0.375 e. The second-order valence-electron chi connectivity index (χ2n) is 5.11. The van der Waals surface area contributed by atoms with E-state index in [9.17, 15) is 43.2 Å². The molecule has 0 bridgehead atoms. The Morgan fingerprint density at radius 2 is 1.30 bits per heavy atom. The van der Waals surface area contributed by atoms with Gasteiger partial charge in [0.1, 0.15) is 0 Å². The SMILES string of the molecule is CS(C)(/C=C(\OS(=O)(=O)C(F)(F)F)c1ccccc1)OS(=O)(=O)C(F)(F)F. The fourth-order valence-electron chi connectivity index (χ4n) is 1.45. The van der Waals surface area contributed by atoms with Crippen molar-refractivity contribution >= 4 is 36.3 Å². The van der Waals surface area contributed by atoms with E-state index in [4.69, 9.17) is 0 Å². The van der Waals surface area contributed by atoms with Crippen molar-refractivity contribution < 1.29 is 51.0 Å². The van der Waals surface area contributed by atoms with Crippen LogP contribution in [0.25, 0.3) is 5.76 Å². The minimum absolute atomic E-state index is 0.265. The second-order valence-corrected chi connectivity index (χ2v) is 11.4. The minimum atomic E-state index is -6.17. The first-order valence-electron chi connectivity index (χ1n) is 6.41. The lowest BCUT2D eigenvalue weighted by Gasteiger charge is -2.27. The summed E-state index contributed by atoms with van der Waals surface area (Å²) in [7, 11) is -15.7. The summed E-state index contributed by atoms with van der Waals surface area (Å²) < 4.78 is 128. The minimum Gasteiger partial charge on any atom is -0.375 e. The highest BCUT2D eigenvalue weighted by Gasteiger charge is 2.50. The summed E-state index contributed by atoms with van der Waals surface area (Å²) in [4.78, 5) is 0. The van der Waals surface area contributed by atoms with Gasteiger partial charge in [-0.3, -0.25) is 0 Å². The van der Waals surface area contributed by atoms with Gasteiger partial charge in [0, 0.05) is 11.0 Å². The predicted octanol–water partition coefficient (Wildman–Crippen LogP) is 3.70. The molecule has 0 aliphatic heterocycles. The maximum Gasteiger partial charge on any atom is 0.534 e. The Kier molecular flexibility index (Phi) is 6.57. The lowest BCUT2D eigenvalue weighted by atomic mass is 10.2. The summed E-state index contributed by atoms with van der Waals surface area (Å²) in [6.45, 7) is 0. The third-order valence-electron chi connectivity index (χ3n) is 2.48. The second kappa shape index (κ2) is 7.52. The lowest BCUT2D eigenvalue weighted by Crippen LogP contribution is -2.27. The van der Waals surface area contributed by atoms with Crippen LogP contribution in [0.5, 0.6) is 0 Å². The Bertz CT molecular complexity index is 901. The van der Waals surface area contributed by atoms with E-state index in [0.29, 0.717) is 5.41 Å². The summed E-state index contributed by atoms with van der Waals surface area (Å²) in [5.74, 6) is -1.04. The van der Waals surface area contributed by atoms with E-state index in [-0.39, 0.29) is 5.56 Å². The zero-order valence-corrected chi connectivity index (χ0v) is 15.9. The summed E-state index contributed by atoms with van der Waals surface area (Å²) in [6, 6.07) is 6.18. The molecule has 15 heteroatoms. The first-order valence-corrected chi connectivity index (χ1v) is 11.7. The van der Waals surface area contributed by atoms with E-state index in [0.717, 1.165) is 24.6 Å². The van der Waals surface area contributed by atoms with E-state index in [1.54, 1.807) is 0 Å². The molecule has 0 radical (unpaired) electrons. The van der Waals surface area contributed by atoms with Crippen molar-refractivity contribution in [1.82, 2.24) is 0 Å². The largest absolute Gasteiger partial charge is 0.534 e. The van der Waals surface area contributed by atoms with Gasteiger partial charge in [-0.05, 0) is 12.5 Å². The molecule has 0 atom stereocenters. The van der Waals surface area contributed by atoms with E-state index in [2.05, 4.69) is 7.81 Å². The highest BCUT2D eigenvalue weighted by atomic mass is 32.3. The first-order chi connectivity index (χ1) is 11.9. The van der Waals surface area contributed by atoms with Gasteiger partial charge < -0.3 is 4.18 Å². The summed E-state index contributed by atoms with van der Waals surface area (Å²) >= 11 is 0. The molecule has 0 aliphatic rings. The van der Waals surface area contributed by atoms with Crippen LogP contribution in [0, 0.1) is 0 Å². The summed E-state index contributed by atoms with van der Waals surface area (Å²) in [5, 5.41) is 0.453. The van der Waals surface area contributed by atoms with Crippen molar-refractivity contribution in [2.24, 2.45) is 0 Å². The third kappa shape index (κ3) is 6.29. The van der Waals surface area contributed by atoms with E-state index in [1.807, 2.05) is 0 Å². The molecular weight excluding hydrogens is 450 g/mol. The van der Waals surface area contributed by atoms with Gasteiger partial charge in [-0.1, -0.05) is 40.6 Å². The van der Waals surface area contributed by atoms with Crippen LogP contribution in [0.15, 0.2) is 35.7 Å². The Morgan fingerprint density at radius 3 is 1.70 bits per heavy atom. The number of rotatable bonds is 6. The molecule has 6 nitrogen and oxygen atoms in total. The zero-order chi connectivity index (χ0) is 21.3. The van der Waals surface area contributed by atoms with Gasteiger partial charge in [-0.2, -0.15) is 43.2 Å². The van der Waals surface area contributed by atoms with Gasteiger partial charge in [0.2, 0.25) is 0 Å². The average Bonchev–Trinajstić information content (AvgIpc) is 2.43. The Balaban J connectivity index is 3.43. The van der Waals surface area contributed by atoms with Gasteiger partial charge >= 0.3 is 31.3 Å². The Labute approximate surface area is 152 Å². The van der Waals surface area contributed by atoms with Gasteiger partial charge in [0.05, 0.1) is 0 Å². The van der Waals surface area contributed by atoms with Crippen LogP contribution in [0.3, 0.4) is 0 Å². The maximum atomic E-state index is 12.6. The molecule has 0 amide bonds. The molecule has 1 rings (SSSR count). The van der Waals surface area contributed by atoms with E-state index >= 15 is 0 Å². The molecule has 1 aromatic carbocycles. The molecule has 27 heavy (non-hydrogen) atoms. The van der Waals surface area contributed by atoms with Gasteiger partial charge in [0.15, 0.2) is 5.76 Å². The van der Waals surface area contributed by atoms with E-state index < -0.39 is 47.3 Å². The van der Waals surface area contributed by atoms with Crippen LogP contribution in [0.4, 0.5) is 26.3 Å². The standard InChI is InChI=1S/C12H12F6O6S3/c1-25(2,24-27(21,22)12(16,17)18)8-10(9-6-4-3-5-7-9)23-26(19,20)11(13,14)15/h3-8H,1-2H3/b10-8-. The molecule has 0 aliphatic carbocycles. The highest BCUT2D eigenvalue weighted by molar-refractivity contribution is 8.34. The molecule has 0 saturated carbocycles. The van der Waals surface area contributed by atoms with Crippen molar-refractivity contribution in [3.05, 3.63) is 41.3 Å². The topological polar surface area (TPSA) is 86.7 Å². The molecule has 1 aromatic rings. The number of halogens is 6. The Morgan fingerprint density at radius 1 is 0.852 bits per heavy atom. The van der Waals surface area contributed by atoms with Crippen LogP contribution in [0.1, 0.15) is 5.56 Å². The van der Waals surface area contributed by atoms with Crippen molar-refractivity contribution in [3.63, 3.8) is 0 Å². The highest BCUT2D eigenvalue weighted by Crippen LogP contribution is 2.50. The predicted molar refractivity (Wildman–Crippen MR) is 86.0 cm³/mol. The molecule has 0 heterocycles. The quantitative estimate of drug-likeness (QED) is 0.277. The molecule has 156 valence electrons. The Hall–Kier alpha value is -1.45. The van der Waals surface area contributed by atoms with Crippen molar-refractivity contribution in [2.45, 2.75) is 11.0 Å². The van der Waals surface area contributed by atoms with Crippen molar-refractivity contribution in [1.29, 1.82) is 0 Å². The third-order valence-corrected chi connectivity index (χ3v) is 6.91. The number of alkyl halides is 6. The van der Waals surface area contributed by atoms with Crippen molar-refractivity contribution in [2.75, 3.05) is 12.5 Å². The summed E-state index contributed by atoms with van der Waals surface area (Å²) in [5.41, 5.74) is -11.9. The molecule has 0 N–H and O–H groups in total. The van der Waals surface area contributed by atoms with Crippen molar-refractivity contribution in [3.8, 4) is 0 Å². The van der Waals surface area contributed by atoms with Crippen LogP contribution in [-0.4, -0.2) is 40.4 Å². The molecule has 0 fully saturated rings.